The number of hydrogen-bond acceptors (Lipinski definition) is 5. The van der Waals surface area contributed by atoms with Crippen molar-refractivity contribution in [2.24, 2.45) is 7.05 Å². The van der Waals surface area contributed by atoms with Gasteiger partial charge in [-0.25, -0.2) is 9.67 Å². The number of methoxy groups -OCH3 is 1. The molecule has 0 saturated heterocycles. The predicted octanol–water partition coefficient (Wildman–Crippen LogP) is 1.49. The van der Waals surface area contributed by atoms with Gasteiger partial charge in [0, 0.05) is 40.4 Å². The first kappa shape index (κ1) is 15.3. The highest BCUT2D eigenvalue weighted by molar-refractivity contribution is 5.39. The molecule has 0 atom stereocenters. The zero-order valence-corrected chi connectivity index (χ0v) is 13.3. The Morgan fingerprint density at radius 1 is 1.33 bits per heavy atom. The summed E-state index contributed by atoms with van der Waals surface area (Å²) >= 11 is 0. The van der Waals surface area contributed by atoms with Gasteiger partial charge in [-0.2, -0.15) is 5.10 Å². The number of nitrogens with one attached hydrogen (secondary N) is 1. The molecule has 0 spiro atoms. The van der Waals surface area contributed by atoms with Gasteiger partial charge in [-0.05, 0) is 24.6 Å². The van der Waals surface area contributed by atoms with Crippen LogP contribution < -0.4 is 15.0 Å². The molecule has 0 aliphatic rings. The van der Waals surface area contributed by atoms with E-state index in [1.54, 1.807) is 11.8 Å². The van der Waals surface area contributed by atoms with Gasteiger partial charge in [0.2, 0.25) is 5.88 Å². The molecule has 6 nitrogen and oxygen atoms in total. The van der Waals surface area contributed by atoms with Crippen molar-refractivity contribution in [3.05, 3.63) is 35.2 Å². The Kier molecular flexibility index (Phi) is 4.80. The lowest BCUT2D eigenvalue weighted by Gasteiger charge is -2.12. The second-order valence-electron chi connectivity index (χ2n) is 5.22. The topological polar surface area (TPSA) is 55.2 Å². The van der Waals surface area contributed by atoms with Crippen molar-refractivity contribution < 1.29 is 4.74 Å². The van der Waals surface area contributed by atoms with Crippen LogP contribution in [0.3, 0.4) is 0 Å². The molecular weight excluding hydrogens is 266 g/mol. The molecule has 0 saturated carbocycles. The Hall–Kier alpha value is -2.08. The van der Waals surface area contributed by atoms with E-state index in [-0.39, 0.29) is 0 Å². The average Bonchev–Trinajstić information content (AvgIpc) is 2.73. The molecule has 2 aromatic rings. The molecule has 0 radical (unpaired) electrons. The summed E-state index contributed by atoms with van der Waals surface area (Å²) in [5.41, 5.74) is 3.29. The summed E-state index contributed by atoms with van der Waals surface area (Å²) in [7, 11) is 7.54. The number of nitrogens with zero attached hydrogens (tertiary/aromatic N) is 4. The summed E-state index contributed by atoms with van der Waals surface area (Å²) in [4.78, 5) is 6.31. The largest absolute Gasteiger partial charge is 0.481 e. The van der Waals surface area contributed by atoms with Crippen molar-refractivity contribution in [1.29, 1.82) is 0 Å². The maximum absolute atomic E-state index is 5.39. The first-order chi connectivity index (χ1) is 10.0. The number of ether oxygens (including phenoxy) is 1. The Labute approximate surface area is 125 Å². The lowest BCUT2D eigenvalue weighted by Crippen LogP contribution is -2.15. The molecule has 0 fully saturated rings. The van der Waals surface area contributed by atoms with E-state index in [0.29, 0.717) is 0 Å². The van der Waals surface area contributed by atoms with Crippen LogP contribution in [0.15, 0.2) is 18.3 Å². The molecule has 2 heterocycles. The van der Waals surface area contributed by atoms with Gasteiger partial charge < -0.3 is 15.0 Å². The molecule has 114 valence electrons. The fourth-order valence-corrected chi connectivity index (χ4v) is 2.29. The van der Waals surface area contributed by atoms with Crippen molar-refractivity contribution >= 4 is 5.82 Å². The van der Waals surface area contributed by atoms with Crippen molar-refractivity contribution in [2.75, 3.05) is 26.1 Å². The molecule has 0 unspecified atom stereocenters. The van der Waals surface area contributed by atoms with E-state index < -0.39 is 0 Å². The van der Waals surface area contributed by atoms with E-state index in [9.17, 15) is 0 Å². The van der Waals surface area contributed by atoms with Crippen molar-refractivity contribution in [1.82, 2.24) is 20.1 Å². The van der Waals surface area contributed by atoms with E-state index in [2.05, 4.69) is 21.5 Å². The van der Waals surface area contributed by atoms with Gasteiger partial charge in [-0.15, -0.1) is 0 Å². The van der Waals surface area contributed by atoms with Crippen LogP contribution in [0, 0.1) is 6.92 Å². The summed E-state index contributed by atoms with van der Waals surface area (Å²) in [5.74, 6) is 1.77. The molecule has 0 amide bonds. The maximum Gasteiger partial charge on any atom is 0.216 e. The van der Waals surface area contributed by atoms with Gasteiger partial charge in [0.1, 0.15) is 5.82 Å². The lowest BCUT2D eigenvalue weighted by molar-refractivity contribution is 0.368. The lowest BCUT2D eigenvalue weighted by atomic mass is 10.2. The fourth-order valence-electron chi connectivity index (χ4n) is 2.29. The van der Waals surface area contributed by atoms with E-state index in [4.69, 9.17) is 4.74 Å². The summed E-state index contributed by atoms with van der Waals surface area (Å²) in [5, 5.41) is 7.81. The molecule has 0 aromatic carbocycles. The van der Waals surface area contributed by atoms with Gasteiger partial charge in [-0.3, -0.25) is 0 Å². The summed E-state index contributed by atoms with van der Waals surface area (Å²) in [6.07, 6.45) is 1.84. The Balaban J connectivity index is 2.00. The quantitative estimate of drug-likeness (QED) is 0.873. The summed E-state index contributed by atoms with van der Waals surface area (Å²) in [6, 6.07) is 4.10. The molecule has 21 heavy (non-hydrogen) atoms. The summed E-state index contributed by atoms with van der Waals surface area (Å²) < 4.78 is 7.16. The van der Waals surface area contributed by atoms with Crippen LogP contribution in [-0.2, 0) is 20.1 Å². The zero-order valence-electron chi connectivity index (χ0n) is 13.3. The van der Waals surface area contributed by atoms with Crippen molar-refractivity contribution in [3.63, 3.8) is 0 Å². The minimum absolute atomic E-state index is 0.725. The predicted molar refractivity (Wildman–Crippen MR) is 83.6 cm³/mol. The van der Waals surface area contributed by atoms with Gasteiger partial charge in [0.05, 0.1) is 18.4 Å². The van der Waals surface area contributed by atoms with Crippen LogP contribution in [0.1, 0.15) is 16.8 Å². The van der Waals surface area contributed by atoms with Crippen LogP contribution >= 0.6 is 0 Å². The highest BCUT2D eigenvalue weighted by Gasteiger charge is 2.13. The SMILES string of the molecule is COc1c(CNCc2ccnc(N(C)C)c2)c(C)nn1C. The fraction of sp³-hybridized carbons (Fsp3) is 0.467. The number of aryl methyl sites for hydroxylation is 2. The van der Waals surface area contributed by atoms with Crippen LogP contribution in [-0.4, -0.2) is 36.0 Å². The van der Waals surface area contributed by atoms with E-state index in [1.807, 2.05) is 45.2 Å². The molecule has 2 aromatic heterocycles. The summed E-state index contributed by atoms with van der Waals surface area (Å²) in [6.45, 7) is 3.50. The Morgan fingerprint density at radius 3 is 2.76 bits per heavy atom. The second kappa shape index (κ2) is 6.58. The highest BCUT2D eigenvalue weighted by Crippen LogP contribution is 2.20. The van der Waals surface area contributed by atoms with Crippen molar-refractivity contribution in [2.45, 2.75) is 20.0 Å². The molecule has 1 N–H and O–H groups in total. The van der Waals surface area contributed by atoms with Gasteiger partial charge in [0.25, 0.3) is 0 Å². The normalized spacial score (nSPS) is 10.7. The minimum Gasteiger partial charge on any atom is -0.481 e. The Bertz CT molecular complexity index is 606. The van der Waals surface area contributed by atoms with Crippen molar-refractivity contribution in [3.8, 4) is 5.88 Å². The van der Waals surface area contributed by atoms with E-state index in [1.165, 1.54) is 5.56 Å². The molecule has 0 aliphatic carbocycles. The number of hydrogen-bond donors (Lipinski definition) is 1. The standard InChI is InChI=1S/C15H23N5O/c1-11-13(15(21-5)20(4)18-11)10-16-9-12-6-7-17-14(8-12)19(2)3/h6-8,16H,9-10H2,1-5H3. The monoisotopic (exact) mass is 289 g/mol. The molecule has 0 aliphatic heterocycles. The maximum atomic E-state index is 5.39. The third-order valence-corrected chi connectivity index (χ3v) is 3.38. The van der Waals surface area contributed by atoms with E-state index >= 15 is 0 Å². The number of aromatic nitrogens is 3. The van der Waals surface area contributed by atoms with Gasteiger partial charge in [0.15, 0.2) is 0 Å². The van der Waals surface area contributed by atoms with Crippen LogP contribution in [0.4, 0.5) is 5.82 Å². The minimum atomic E-state index is 0.725. The molecule has 2 rings (SSSR count). The highest BCUT2D eigenvalue weighted by atomic mass is 16.5. The third kappa shape index (κ3) is 3.52. The van der Waals surface area contributed by atoms with Crippen LogP contribution in [0.5, 0.6) is 5.88 Å². The number of pyridine rings is 1. The molecular formula is C15H23N5O. The zero-order chi connectivity index (χ0) is 15.4. The van der Waals surface area contributed by atoms with Crippen LogP contribution in [0.2, 0.25) is 0 Å². The van der Waals surface area contributed by atoms with Gasteiger partial charge in [-0.1, -0.05) is 0 Å². The third-order valence-electron chi connectivity index (χ3n) is 3.38. The van der Waals surface area contributed by atoms with Gasteiger partial charge >= 0.3 is 0 Å². The first-order valence-corrected chi connectivity index (χ1v) is 6.92. The number of rotatable bonds is 6. The number of anilines is 1. The average molecular weight is 289 g/mol. The molecule has 0 bridgehead atoms. The Morgan fingerprint density at radius 2 is 2.10 bits per heavy atom. The second-order valence-corrected chi connectivity index (χ2v) is 5.22. The molecule has 6 heteroatoms. The first-order valence-electron chi connectivity index (χ1n) is 6.92. The van der Waals surface area contributed by atoms with E-state index in [0.717, 1.165) is 36.0 Å². The smallest absolute Gasteiger partial charge is 0.216 e. The van der Waals surface area contributed by atoms with Crippen LogP contribution in [0.25, 0.3) is 0 Å².